The van der Waals surface area contributed by atoms with E-state index in [2.05, 4.69) is 10.0 Å². The summed E-state index contributed by atoms with van der Waals surface area (Å²) in [6.45, 7) is 3.27. The van der Waals surface area contributed by atoms with Gasteiger partial charge in [0.15, 0.2) is 6.61 Å². The summed E-state index contributed by atoms with van der Waals surface area (Å²) in [4.78, 5) is 12.1. The number of carbonyl (C=O) groups excluding carboxylic acids is 1. The van der Waals surface area contributed by atoms with E-state index >= 15 is 0 Å². The summed E-state index contributed by atoms with van der Waals surface area (Å²) >= 11 is 6.05. The maximum absolute atomic E-state index is 13.0. The first-order chi connectivity index (χ1) is 14.6. The SMILES string of the molecule is Cc1ccc(NC(=O)COc2ccc(S(=O)(=O)Nc3ccc(F)cc3)cc2C)cc1Cl. The van der Waals surface area contributed by atoms with E-state index in [0.29, 0.717) is 22.0 Å². The minimum absolute atomic E-state index is 0.0143. The Kier molecular flexibility index (Phi) is 6.82. The van der Waals surface area contributed by atoms with Crippen molar-refractivity contribution >= 4 is 38.9 Å². The normalized spacial score (nSPS) is 11.1. The first-order valence-corrected chi connectivity index (χ1v) is 11.1. The Morgan fingerprint density at radius 3 is 2.29 bits per heavy atom. The van der Waals surface area contributed by atoms with Crippen LogP contribution in [0.3, 0.4) is 0 Å². The number of rotatable bonds is 7. The van der Waals surface area contributed by atoms with E-state index in [0.717, 1.165) is 17.7 Å². The van der Waals surface area contributed by atoms with Crippen molar-refractivity contribution in [1.29, 1.82) is 0 Å². The lowest BCUT2D eigenvalue weighted by Crippen LogP contribution is -2.20. The second-order valence-corrected chi connectivity index (χ2v) is 8.93. The molecule has 3 aromatic rings. The van der Waals surface area contributed by atoms with Gasteiger partial charge in [-0.3, -0.25) is 9.52 Å². The predicted molar refractivity (Wildman–Crippen MR) is 119 cm³/mol. The van der Waals surface area contributed by atoms with Crippen LogP contribution in [-0.2, 0) is 14.8 Å². The number of carbonyl (C=O) groups is 1. The predicted octanol–water partition coefficient (Wildman–Crippen LogP) is 4.91. The Bertz CT molecular complexity index is 1210. The molecular weight excluding hydrogens is 443 g/mol. The highest BCUT2D eigenvalue weighted by Crippen LogP contribution is 2.24. The molecule has 0 aliphatic heterocycles. The number of benzene rings is 3. The summed E-state index contributed by atoms with van der Waals surface area (Å²) in [6.07, 6.45) is 0. The molecule has 1 amide bonds. The van der Waals surface area contributed by atoms with Crippen molar-refractivity contribution < 1.29 is 22.3 Å². The van der Waals surface area contributed by atoms with Crippen LogP contribution in [0.4, 0.5) is 15.8 Å². The van der Waals surface area contributed by atoms with E-state index < -0.39 is 15.8 Å². The molecule has 162 valence electrons. The zero-order chi connectivity index (χ0) is 22.6. The van der Waals surface area contributed by atoms with E-state index in [-0.39, 0.29) is 23.1 Å². The minimum atomic E-state index is -3.86. The topological polar surface area (TPSA) is 84.5 Å². The number of nitrogens with one attached hydrogen (secondary N) is 2. The number of aryl methyl sites for hydroxylation is 2. The zero-order valence-electron chi connectivity index (χ0n) is 16.8. The van der Waals surface area contributed by atoms with Gasteiger partial charge >= 0.3 is 0 Å². The second-order valence-electron chi connectivity index (χ2n) is 6.84. The second kappa shape index (κ2) is 9.36. The van der Waals surface area contributed by atoms with Crippen molar-refractivity contribution in [3.8, 4) is 5.75 Å². The van der Waals surface area contributed by atoms with Gasteiger partial charge in [0.2, 0.25) is 0 Å². The van der Waals surface area contributed by atoms with Crippen molar-refractivity contribution in [3.05, 3.63) is 82.6 Å². The lowest BCUT2D eigenvalue weighted by molar-refractivity contribution is -0.118. The molecule has 0 saturated heterocycles. The van der Waals surface area contributed by atoms with E-state index in [1.807, 2.05) is 6.92 Å². The third-order valence-electron chi connectivity index (χ3n) is 4.37. The summed E-state index contributed by atoms with van der Waals surface area (Å²) in [7, 11) is -3.86. The summed E-state index contributed by atoms with van der Waals surface area (Å²) in [5.41, 5.74) is 2.23. The van der Waals surface area contributed by atoms with Crippen LogP contribution in [0.1, 0.15) is 11.1 Å². The number of anilines is 2. The van der Waals surface area contributed by atoms with E-state index in [1.54, 1.807) is 25.1 Å². The molecule has 0 fully saturated rings. The van der Waals surface area contributed by atoms with Crippen LogP contribution < -0.4 is 14.8 Å². The van der Waals surface area contributed by atoms with Crippen LogP contribution in [0, 0.1) is 19.7 Å². The lowest BCUT2D eigenvalue weighted by atomic mass is 10.2. The van der Waals surface area contributed by atoms with Crippen LogP contribution in [0.25, 0.3) is 0 Å². The molecule has 2 N–H and O–H groups in total. The van der Waals surface area contributed by atoms with Crippen molar-refractivity contribution in [2.24, 2.45) is 0 Å². The molecule has 6 nitrogen and oxygen atoms in total. The van der Waals surface area contributed by atoms with E-state index in [1.165, 1.54) is 30.3 Å². The fourth-order valence-corrected chi connectivity index (χ4v) is 4.02. The van der Waals surface area contributed by atoms with E-state index in [4.69, 9.17) is 16.3 Å². The number of halogens is 2. The molecule has 0 atom stereocenters. The molecule has 0 unspecified atom stereocenters. The average molecular weight is 463 g/mol. The van der Waals surface area contributed by atoms with Gasteiger partial charge in [-0.25, -0.2) is 12.8 Å². The standard InChI is InChI=1S/C22H20ClFN2O4S/c1-14-3-6-18(12-20(14)23)25-22(27)13-30-21-10-9-19(11-15(21)2)31(28,29)26-17-7-4-16(24)5-8-17/h3-12,26H,13H2,1-2H3,(H,25,27). The van der Waals surface area contributed by atoms with Gasteiger partial charge in [0.1, 0.15) is 11.6 Å². The minimum Gasteiger partial charge on any atom is -0.483 e. The fraction of sp³-hybridized carbons (Fsp3) is 0.136. The zero-order valence-corrected chi connectivity index (χ0v) is 18.4. The maximum atomic E-state index is 13.0. The Labute approximate surface area is 185 Å². The molecule has 0 aliphatic carbocycles. The Morgan fingerprint density at radius 2 is 1.65 bits per heavy atom. The summed E-state index contributed by atoms with van der Waals surface area (Å²) < 4.78 is 46.0. The van der Waals surface area contributed by atoms with Crippen LogP contribution in [-0.4, -0.2) is 20.9 Å². The van der Waals surface area contributed by atoms with Gasteiger partial charge in [-0.05, 0) is 79.6 Å². The van der Waals surface area contributed by atoms with Crippen LogP contribution in [0.2, 0.25) is 5.02 Å². The number of hydrogen-bond donors (Lipinski definition) is 2. The van der Waals surface area contributed by atoms with Gasteiger partial charge in [0.25, 0.3) is 15.9 Å². The van der Waals surface area contributed by atoms with Gasteiger partial charge < -0.3 is 10.1 Å². The summed E-state index contributed by atoms with van der Waals surface area (Å²) in [5, 5.41) is 3.23. The van der Waals surface area contributed by atoms with Crippen LogP contribution in [0.5, 0.6) is 5.75 Å². The Balaban J connectivity index is 1.64. The molecule has 0 aliphatic rings. The fourth-order valence-electron chi connectivity index (χ4n) is 2.69. The third kappa shape index (κ3) is 5.96. The lowest BCUT2D eigenvalue weighted by Gasteiger charge is -2.12. The summed E-state index contributed by atoms with van der Waals surface area (Å²) in [5.74, 6) is -0.471. The van der Waals surface area contributed by atoms with Gasteiger partial charge in [-0.15, -0.1) is 0 Å². The first-order valence-electron chi connectivity index (χ1n) is 9.22. The highest BCUT2D eigenvalue weighted by Gasteiger charge is 2.16. The number of ether oxygens (including phenoxy) is 1. The maximum Gasteiger partial charge on any atom is 0.262 e. The molecule has 31 heavy (non-hydrogen) atoms. The highest BCUT2D eigenvalue weighted by atomic mass is 35.5. The van der Waals surface area contributed by atoms with Crippen molar-refractivity contribution in [2.45, 2.75) is 18.7 Å². The average Bonchev–Trinajstić information content (AvgIpc) is 2.71. The van der Waals surface area contributed by atoms with Gasteiger partial charge in [0.05, 0.1) is 4.90 Å². The molecule has 0 bridgehead atoms. The smallest absolute Gasteiger partial charge is 0.262 e. The number of sulfonamides is 1. The molecule has 0 aromatic heterocycles. The molecule has 0 heterocycles. The third-order valence-corrected chi connectivity index (χ3v) is 6.15. The largest absolute Gasteiger partial charge is 0.483 e. The molecule has 3 rings (SSSR count). The first kappa shape index (κ1) is 22.6. The van der Waals surface area contributed by atoms with Gasteiger partial charge in [0, 0.05) is 16.4 Å². The van der Waals surface area contributed by atoms with E-state index in [9.17, 15) is 17.6 Å². The Morgan fingerprint density at radius 1 is 0.968 bits per heavy atom. The van der Waals surface area contributed by atoms with Crippen LogP contribution in [0.15, 0.2) is 65.6 Å². The molecule has 3 aromatic carbocycles. The quantitative estimate of drug-likeness (QED) is 0.522. The summed E-state index contributed by atoms with van der Waals surface area (Å²) in [6, 6.07) is 14.4. The van der Waals surface area contributed by atoms with Gasteiger partial charge in [-0.1, -0.05) is 17.7 Å². The molecule has 0 saturated carbocycles. The molecule has 9 heteroatoms. The molecule has 0 spiro atoms. The monoisotopic (exact) mass is 462 g/mol. The van der Waals surface area contributed by atoms with Gasteiger partial charge in [-0.2, -0.15) is 0 Å². The molecule has 0 radical (unpaired) electrons. The van der Waals surface area contributed by atoms with Crippen molar-refractivity contribution in [3.63, 3.8) is 0 Å². The van der Waals surface area contributed by atoms with Crippen molar-refractivity contribution in [2.75, 3.05) is 16.6 Å². The number of amides is 1. The van der Waals surface area contributed by atoms with Crippen LogP contribution >= 0.6 is 11.6 Å². The Hall–Kier alpha value is -3.10. The highest BCUT2D eigenvalue weighted by molar-refractivity contribution is 7.92. The number of hydrogen-bond acceptors (Lipinski definition) is 4. The molecular formula is C22H20ClFN2O4S. The van der Waals surface area contributed by atoms with Crippen molar-refractivity contribution in [1.82, 2.24) is 0 Å².